The number of benzene rings is 2. The van der Waals surface area contributed by atoms with E-state index < -0.39 is 0 Å². The number of rotatable bonds is 2. The third kappa shape index (κ3) is 2.20. The molecule has 1 aromatic heterocycles. The average molecular weight is 271 g/mol. The lowest BCUT2D eigenvalue weighted by molar-refractivity contribution is 0.486. The van der Waals surface area contributed by atoms with Gasteiger partial charge in [0.1, 0.15) is 5.75 Å². The van der Waals surface area contributed by atoms with Crippen LogP contribution in [0.4, 0.5) is 5.69 Å². The van der Waals surface area contributed by atoms with Crippen molar-refractivity contribution >= 4 is 28.2 Å². The number of nitrogen functional groups attached to an aromatic ring is 1. The molecule has 0 saturated carbocycles. The van der Waals surface area contributed by atoms with Crippen LogP contribution in [-0.2, 0) is 0 Å². The van der Waals surface area contributed by atoms with Crippen molar-refractivity contribution in [1.82, 2.24) is 4.98 Å². The third-order valence-corrected chi connectivity index (χ3v) is 3.16. The zero-order valence-corrected chi connectivity index (χ0v) is 10.8. The normalized spacial score (nSPS) is 10.6. The Morgan fingerprint density at radius 1 is 0.947 bits per heavy atom. The highest BCUT2D eigenvalue weighted by Crippen LogP contribution is 2.35. The van der Waals surface area contributed by atoms with Crippen molar-refractivity contribution in [3.8, 4) is 11.5 Å². The van der Waals surface area contributed by atoms with E-state index in [2.05, 4.69) is 4.98 Å². The average Bonchev–Trinajstić information content (AvgIpc) is 2.44. The van der Waals surface area contributed by atoms with Gasteiger partial charge in [0.15, 0.2) is 5.75 Å². The van der Waals surface area contributed by atoms with E-state index in [0.717, 1.165) is 10.9 Å². The van der Waals surface area contributed by atoms with Crippen LogP contribution in [0.2, 0.25) is 5.02 Å². The summed E-state index contributed by atoms with van der Waals surface area (Å²) in [7, 11) is 0. The van der Waals surface area contributed by atoms with E-state index in [0.29, 0.717) is 22.2 Å². The molecule has 0 atom stereocenters. The van der Waals surface area contributed by atoms with Gasteiger partial charge in [0.05, 0.1) is 16.2 Å². The predicted octanol–water partition coefficient (Wildman–Crippen LogP) is 4.26. The maximum atomic E-state index is 6.11. The Balaban J connectivity index is 2.07. The molecule has 3 rings (SSSR count). The largest absolute Gasteiger partial charge is 0.454 e. The van der Waals surface area contributed by atoms with Crippen molar-refractivity contribution in [2.45, 2.75) is 0 Å². The van der Waals surface area contributed by atoms with Crippen LogP contribution in [0.15, 0.2) is 54.7 Å². The van der Waals surface area contributed by atoms with Gasteiger partial charge in [-0.15, -0.1) is 0 Å². The molecule has 94 valence electrons. The maximum Gasteiger partial charge on any atom is 0.151 e. The van der Waals surface area contributed by atoms with Crippen molar-refractivity contribution in [3.05, 3.63) is 59.8 Å². The number of hydrogen-bond donors (Lipinski definition) is 1. The Morgan fingerprint density at radius 3 is 2.63 bits per heavy atom. The molecule has 3 nitrogen and oxygen atoms in total. The highest BCUT2D eigenvalue weighted by Gasteiger charge is 2.08. The third-order valence-electron chi connectivity index (χ3n) is 2.84. The molecule has 1 heterocycles. The summed E-state index contributed by atoms with van der Waals surface area (Å²) in [6.07, 6.45) is 1.73. The van der Waals surface area contributed by atoms with Crippen LogP contribution in [0.5, 0.6) is 11.5 Å². The van der Waals surface area contributed by atoms with Gasteiger partial charge in [-0.05, 0) is 36.4 Å². The molecule has 0 amide bonds. The van der Waals surface area contributed by atoms with Crippen molar-refractivity contribution in [2.75, 3.05) is 5.73 Å². The molecule has 0 aliphatic heterocycles. The monoisotopic (exact) mass is 270 g/mol. The Bertz CT molecular complexity index is 743. The number of nitrogens with zero attached hydrogens (tertiary/aromatic N) is 1. The van der Waals surface area contributed by atoms with E-state index in [1.54, 1.807) is 24.4 Å². The molecule has 3 aromatic rings. The second kappa shape index (κ2) is 4.78. The van der Waals surface area contributed by atoms with Gasteiger partial charge in [-0.25, -0.2) is 0 Å². The van der Waals surface area contributed by atoms with Gasteiger partial charge < -0.3 is 10.5 Å². The first-order valence-electron chi connectivity index (χ1n) is 5.81. The fourth-order valence-corrected chi connectivity index (χ4v) is 2.06. The summed E-state index contributed by atoms with van der Waals surface area (Å²) in [4.78, 5) is 4.25. The topological polar surface area (TPSA) is 48.1 Å². The molecule has 0 radical (unpaired) electrons. The van der Waals surface area contributed by atoms with Gasteiger partial charge in [-0.2, -0.15) is 0 Å². The fraction of sp³-hybridized carbons (Fsp3) is 0. The number of nitrogens with two attached hydrogens (primary N) is 1. The number of aromatic nitrogens is 1. The van der Waals surface area contributed by atoms with E-state index in [-0.39, 0.29) is 0 Å². The summed E-state index contributed by atoms with van der Waals surface area (Å²) < 4.78 is 5.76. The van der Waals surface area contributed by atoms with Gasteiger partial charge in [0.25, 0.3) is 0 Å². The van der Waals surface area contributed by atoms with Crippen LogP contribution in [-0.4, -0.2) is 4.98 Å². The number of pyridine rings is 1. The molecule has 0 saturated heterocycles. The summed E-state index contributed by atoms with van der Waals surface area (Å²) in [5.74, 6) is 1.16. The molecule has 0 unspecified atom stereocenters. The van der Waals surface area contributed by atoms with Crippen molar-refractivity contribution < 1.29 is 4.74 Å². The van der Waals surface area contributed by atoms with Gasteiger partial charge in [-0.3, -0.25) is 4.98 Å². The fourth-order valence-electron chi connectivity index (χ4n) is 1.89. The molecule has 4 heteroatoms. The van der Waals surface area contributed by atoms with Crippen molar-refractivity contribution in [1.29, 1.82) is 0 Å². The lowest BCUT2D eigenvalue weighted by Crippen LogP contribution is -1.94. The van der Waals surface area contributed by atoms with E-state index in [4.69, 9.17) is 22.1 Å². The quantitative estimate of drug-likeness (QED) is 0.708. The summed E-state index contributed by atoms with van der Waals surface area (Å²) in [5, 5.41) is 1.42. The standard InChI is InChI=1S/C15H11ClN2O/c16-11-5-1-2-6-13(11)19-14-8-7-12-10(15(14)17)4-3-9-18-12/h1-9H,17H2. The molecular formula is C15H11ClN2O. The Labute approximate surface area is 115 Å². The number of para-hydroxylation sites is 1. The second-order valence-electron chi connectivity index (χ2n) is 4.08. The Hall–Kier alpha value is -2.26. The molecule has 0 aliphatic carbocycles. The number of fused-ring (bicyclic) bond motifs is 1. The van der Waals surface area contributed by atoms with E-state index in [9.17, 15) is 0 Å². The predicted molar refractivity (Wildman–Crippen MR) is 77.7 cm³/mol. The summed E-state index contributed by atoms with van der Waals surface area (Å²) in [6, 6.07) is 14.7. The molecule has 19 heavy (non-hydrogen) atoms. The van der Waals surface area contributed by atoms with E-state index >= 15 is 0 Å². The van der Waals surface area contributed by atoms with Crippen LogP contribution in [0.25, 0.3) is 10.9 Å². The van der Waals surface area contributed by atoms with Crippen LogP contribution in [0.3, 0.4) is 0 Å². The molecule has 2 N–H and O–H groups in total. The van der Waals surface area contributed by atoms with Gasteiger partial charge in [0, 0.05) is 11.6 Å². The van der Waals surface area contributed by atoms with E-state index in [1.807, 2.05) is 30.3 Å². The molecule has 0 aliphatic rings. The molecule has 0 bridgehead atoms. The van der Waals surface area contributed by atoms with Gasteiger partial charge in [0.2, 0.25) is 0 Å². The minimum absolute atomic E-state index is 0.549. The number of halogens is 1. The molecule has 0 spiro atoms. The summed E-state index contributed by atoms with van der Waals surface area (Å²) in [5.41, 5.74) is 7.51. The Kier molecular flexibility index (Phi) is 2.97. The van der Waals surface area contributed by atoms with Crippen LogP contribution >= 0.6 is 11.6 Å². The first-order valence-corrected chi connectivity index (χ1v) is 6.19. The first-order chi connectivity index (χ1) is 9.25. The van der Waals surface area contributed by atoms with Gasteiger partial charge in [-0.1, -0.05) is 23.7 Å². The lowest BCUT2D eigenvalue weighted by atomic mass is 10.1. The van der Waals surface area contributed by atoms with Crippen LogP contribution in [0.1, 0.15) is 0 Å². The first kappa shape index (κ1) is 11.8. The highest BCUT2D eigenvalue weighted by atomic mass is 35.5. The van der Waals surface area contributed by atoms with Crippen molar-refractivity contribution in [3.63, 3.8) is 0 Å². The SMILES string of the molecule is Nc1c(Oc2ccccc2Cl)ccc2ncccc12. The highest BCUT2D eigenvalue weighted by molar-refractivity contribution is 6.32. The summed E-state index contributed by atoms with van der Waals surface area (Å²) in [6.45, 7) is 0. The Morgan fingerprint density at radius 2 is 1.79 bits per heavy atom. The van der Waals surface area contributed by atoms with Gasteiger partial charge >= 0.3 is 0 Å². The zero-order valence-electron chi connectivity index (χ0n) is 10.0. The number of hydrogen-bond acceptors (Lipinski definition) is 3. The van der Waals surface area contributed by atoms with Crippen LogP contribution in [0, 0.1) is 0 Å². The number of anilines is 1. The maximum absolute atomic E-state index is 6.11. The van der Waals surface area contributed by atoms with Crippen LogP contribution < -0.4 is 10.5 Å². The van der Waals surface area contributed by atoms with Crippen molar-refractivity contribution in [2.24, 2.45) is 0 Å². The second-order valence-corrected chi connectivity index (χ2v) is 4.49. The minimum atomic E-state index is 0.549. The molecule has 0 fully saturated rings. The molecule has 2 aromatic carbocycles. The lowest BCUT2D eigenvalue weighted by Gasteiger charge is -2.11. The zero-order chi connectivity index (χ0) is 13.2. The smallest absolute Gasteiger partial charge is 0.151 e. The minimum Gasteiger partial charge on any atom is -0.454 e. The number of ether oxygens (including phenoxy) is 1. The molecular weight excluding hydrogens is 260 g/mol. The summed E-state index contributed by atoms with van der Waals surface area (Å²) >= 11 is 6.07. The van der Waals surface area contributed by atoms with E-state index in [1.165, 1.54) is 0 Å².